The number of hydrogen-bond donors (Lipinski definition) is 2. The highest BCUT2D eigenvalue weighted by Gasteiger charge is 2.29. The molecule has 0 bridgehead atoms. The largest absolute Gasteiger partial charge is 0.378 e. The Morgan fingerprint density at radius 1 is 1.15 bits per heavy atom. The lowest BCUT2D eigenvalue weighted by Crippen LogP contribution is -2.37. The number of morpholine rings is 1. The fourth-order valence-electron chi connectivity index (χ4n) is 3.80. The van der Waals surface area contributed by atoms with Crippen LogP contribution in [-0.2, 0) is 16.0 Å². The molecule has 1 saturated heterocycles. The van der Waals surface area contributed by atoms with Crippen LogP contribution in [0.1, 0.15) is 16.7 Å². The van der Waals surface area contributed by atoms with E-state index in [1.807, 2.05) is 37.3 Å². The first-order valence-electron chi connectivity index (χ1n) is 11.0. The highest BCUT2D eigenvalue weighted by molar-refractivity contribution is 6.44. The molecule has 0 spiro atoms. The lowest BCUT2D eigenvalue weighted by Gasteiger charge is -2.29. The first kappa shape index (κ1) is 21.7. The summed E-state index contributed by atoms with van der Waals surface area (Å²) >= 11 is 0. The van der Waals surface area contributed by atoms with Crippen molar-refractivity contribution < 1.29 is 9.53 Å². The number of carbonyl (C=O) groups is 1. The molecule has 0 unspecified atom stereocenters. The average molecular weight is 457 g/mol. The van der Waals surface area contributed by atoms with E-state index in [0.29, 0.717) is 56.0 Å². The van der Waals surface area contributed by atoms with E-state index >= 15 is 0 Å². The van der Waals surface area contributed by atoms with Gasteiger partial charge in [0.2, 0.25) is 5.95 Å². The number of carbonyl (C=O) groups excluding carboxylic acids is 1. The first-order valence-corrected chi connectivity index (χ1v) is 11.0. The van der Waals surface area contributed by atoms with Crippen LogP contribution in [0.15, 0.2) is 58.8 Å². The molecule has 0 radical (unpaired) electrons. The summed E-state index contributed by atoms with van der Waals surface area (Å²) in [5.74, 6) is 1.69. The van der Waals surface area contributed by atoms with E-state index in [0.717, 1.165) is 22.5 Å². The molecular formula is C24H24N8O2. The fourth-order valence-corrected chi connectivity index (χ4v) is 3.80. The predicted molar refractivity (Wildman–Crippen MR) is 131 cm³/mol. The Morgan fingerprint density at radius 2 is 2.03 bits per heavy atom. The Balaban J connectivity index is 1.40. The Kier molecular flexibility index (Phi) is 6.21. The third-order valence-corrected chi connectivity index (χ3v) is 5.45. The standard InChI is InChI=1S/C24H24N8O2/c1-16-5-4-6-17(13-16)15-26-31-24-29-21-18(22(30-24)32-9-11-34-12-10-32)14-19(27-21)23(33)28-20-7-2-3-8-25-20/h2-8,13,15H,9-12,14H2,1H3,(H,25,28,33)(H,29,30,31)/b26-15+. The summed E-state index contributed by atoms with van der Waals surface area (Å²) in [5.41, 5.74) is 6.22. The number of hydrazone groups is 1. The summed E-state index contributed by atoms with van der Waals surface area (Å²) in [6.07, 6.45) is 3.68. The van der Waals surface area contributed by atoms with Gasteiger partial charge in [0.25, 0.3) is 5.91 Å². The molecule has 10 heteroatoms. The third kappa shape index (κ3) is 4.91. The Morgan fingerprint density at radius 3 is 2.82 bits per heavy atom. The van der Waals surface area contributed by atoms with Crippen molar-refractivity contribution >= 4 is 41.2 Å². The molecule has 3 aromatic rings. The molecule has 172 valence electrons. The Bertz CT molecular complexity index is 1250. The summed E-state index contributed by atoms with van der Waals surface area (Å²) in [6.45, 7) is 4.65. The maximum absolute atomic E-state index is 12.8. The first-order chi connectivity index (χ1) is 16.7. The minimum absolute atomic E-state index is 0.309. The van der Waals surface area contributed by atoms with E-state index in [1.165, 1.54) is 0 Å². The summed E-state index contributed by atoms with van der Waals surface area (Å²) < 4.78 is 5.50. The van der Waals surface area contributed by atoms with E-state index in [1.54, 1.807) is 24.5 Å². The van der Waals surface area contributed by atoms with Gasteiger partial charge in [-0.05, 0) is 24.6 Å². The monoisotopic (exact) mass is 456 g/mol. The molecule has 1 fully saturated rings. The van der Waals surface area contributed by atoms with Gasteiger partial charge < -0.3 is 15.0 Å². The number of anilines is 3. The number of hydrogen-bond acceptors (Lipinski definition) is 9. The van der Waals surface area contributed by atoms with E-state index < -0.39 is 0 Å². The third-order valence-electron chi connectivity index (χ3n) is 5.45. The van der Waals surface area contributed by atoms with Crippen LogP contribution in [0.25, 0.3) is 0 Å². The van der Waals surface area contributed by atoms with Crippen LogP contribution in [0.5, 0.6) is 0 Å². The number of benzene rings is 1. The number of nitrogens with zero attached hydrogens (tertiary/aromatic N) is 6. The molecule has 34 heavy (non-hydrogen) atoms. The number of aliphatic imine (C=N–C) groups is 1. The number of nitrogens with one attached hydrogen (secondary N) is 2. The molecule has 4 heterocycles. The van der Waals surface area contributed by atoms with Crippen LogP contribution in [0.4, 0.5) is 23.4 Å². The SMILES string of the molecule is Cc1cccc(/C=N/Nc2nc3c(c(N4CCOCC4)n2)CC(C(=O)Nc2ccccn2)=N3)c1. The van der Waals surface area contributed by atoms with Crippen molar-refractivity contribution in [3.63, 3.8) is 0 Å². The Labute approximate surface area is 196 Å². The van der Waals surface area contributed by atoms with Gasteiger partial charge in [-0.1, -0.05) is 35.9 Å². The second kappa shape index (κ2) is 9.75. The van der Waals surface area contributed by atoms with Crippen LogP contribution in [0.2, 0.25) is 0 Å². The molecule has 2 N–H and O–H groups in total. The van der Waals surface area contributed by atoms with Crippen LogP contribution in [0.3, 0.4) is 0 Å². The molecule has 1 aromatic carbocycles. The summed E-state index contributed by atoms with van der Waals surface area (Å²) in [4.78, 5) is 32.8. The molecule has 2 aromatic heterocycles. The summed E-state index contributed by atoms with van der Waals surface area (Å²) in [7, 11) is 0. The molecule has 2 aliphatic rings. The minimum atomic E-state index is -0.309. The highest BCUT2D eigenvalue weighted by atomic mass is 16.5. The molecule has 10 nitrogen and oxygen atoms in total. The maximum atomic E-state index is 12.8. The van der Waals surface area contributed by atoms with Crippen molar-refractivity contribution in [2.45, 2.75) is 13.3 Å². The van der Waals surface area contributed by atoms with Gasteiger partial charge in [0.15, 0.2) is 5.82 Å². The summed E-state index contributed by atoms with van der Waals surface area (Å²) in [6, 6.07) is 13.3. The van der Waals surface area contributed by atoms with Crippen molar-refractivity contribution in [3.8, 4) is 0 Å². The number of pyridine rings is 1. The van der Waals surface area contributed by atoms with E-state index in [4.69, 9.17) is 9.72 Å². The zero-order chi connectivity index (χ0) is 23.3. The van der Waals surface area contributed by atoms with Crippen molar-refractivity contribution in [2.75, 3.05) is 41.9 Å². The number of aromatic nitrogens is 3. The van der Waals surface area contributed by atoms with Crippen molar-refractivity contribution in [1.29, 1.82) is 0 Å². The smallest absolute Gasteiger partial charge is 0.271 e. The maximum Gasteiger partial charge on any atom is 0.271 e. The van der Waals surface area contributed by atoms with Gasteiger partial charge in [-0.2, -0.15) is 15.1 Å². The van der Waals surface area contributed by atoms with Gasteiger partial charge in [-0.25, -0.2) is 15.4 Å². The zero-order valence-electron chi connectivity index (χ0n) is 18.7. The van der Waals surface area contributed by atoms with Crippen LogP contribution in [-0.4, -0.2) is 59.1 Å². The predicted octanol–water partition coefficient (Wildman–Crippen LogP) is 2.73. The number of fused-ring (bicyclic) bond motifs is 1. The van der Waals surface area contributed by atoms with Crippen LogP contribution in [0, 0.1) is 6.92 Å². The summed E-state index contributed by atoms with van der Waals surface area (Å²) in [5, 5.41) is 7.08. The van der Waals surface area contributed by atoms with Gasteiger partial charge in [-0.15, -0.1) is 0 Å². The van der Waals surface area contributed by atoms with Crippen LogP contribution < -0.4 is 15.6 Å². The normalized spacial score (nSPS) is 15.2. The average Bonchev–Trinajstić information content (AvgIpc) is 3.29. The molecule has 2 aliphatic heterocycles. The molecule has 0 aliphatic carbocycles. The van der Waals surface area contributed by atoms with E-state index in [9.17, 15) is 4.79 Å². The number of rotatable bonds is 6. The second-order valence-electron chi connectivity index (χ2n) is 7.96. The Hall–Kier alpha value is -4.18. The minimum Gasteiger partial charge on any atom is -0.378 e. The van der Waals surface area contributed by atoms with Crippen molar-refractivity contribution in [1.82, 2.24) is 15.0 Å². The lowest BCUT2D eigenvalue weighted by atomic mass is 10.1. The van der Waals surface area contributed by atoms with Gasteiger partial charge in [0.05, 0.1) is 19.4 Å². The van der Waals surface area contributed by atoms with Crippen molar-refractivity contribution in [2.24, 2.45) is 10.1 Å². The van der Waals surface area contributed by atoms with Gasteiger partial charge in [0.1, 0.15) is 17.3 Å². The van der Waals surface area contributed by atoms with E-state index in [2.05, 4.69) is 35.7 Å². The quantitative estimate of drug-likeness (QED) is 0.433. The van der Waals surface area contributed by atoms with E-state index in [-0.39, 0.29) is 5.91 Å². The molecule has 5 rings (SSSR count). The highest BCUT2D eigenvalue weighted by Crippen LogP contribution is 2.34. The topological polar surface area (TPSA) is 117 Å². The second-order valence-corrected chi connectivity index (χ2v) is 7.96. The van der Waals surface area contributed by atoms with Gasteiger partial charge in [-0.3, -0.25) is 4.79 Å². The van der Waals surface area contributed by atoms with Crippen LogP contribution >= 0.6 is 0 Å². The number of aryl methyl sites for hydroxylation is 1. The molecular weight excluding hydrogens is 432 g/mol. The van der Waals surface area contributed by atoms with Gasteiger partial charge in [0, 0.05) is 31.3 Å². The number of amides is 1. The number of ether oxygens (including phenoxy) is 1. The lowest BCUT2D eigenvalue weighted by molar-refractivity contribution is -0.110. The molecule has 0 saturated carbocycles. The molecule has 0 atom stereocenters. The van der Waals surface area contributed by atoms with Crippen molar-refractivity contribution in [3.05, 3.63) is 65.4 Å². The zero-order valence-corrected chi connectivity index (χ0v) is 18.7. The fraction of sp³-hybridized carbons (Fsp3) is 0.250. The molecule has 1 amide bonds. The van der Waals surface area contributed by atoms with Gasteiger partial charge >= 0.3 is 0 Å².